The van der Waals surface area contributed by atoms with E-state index in [0.717, 1.165) is 30.2 Å². The summed E-state index contributed by atoms with van der Waals surface area (Å²) in [6.45, 7) is 5.65. The summed E-state index contributed by atoms with van der Waals surface area (Å²) in [5.41, 5.74) is 1.13. The van der Waals surface area contributed by atoms with Crippen LogP contribution in [-0.2, 0) is 11.2 Å². The van der Waals surface area contributed by atoms with Gasteiger partial charge in [-0.1, -0.05) is 32.0 Å². The van der Waals surface area contributed by atoms with E-state index in [9.17, 15) is 4.79 Å². The lowest BCUT2D eigenvalue weighted by molar-refractivity contribution is -0.121. The molecule has 2 N–H and O–H groups in total. The lowest BCUT2D eigenvalue weighted by atomic mass is 9.96. The summed E-state index contributed by atoms with van der Waals surface area (Å²) in [6, 6.07) is 8.12. The normalized spacial score (nSPS) is 15.0. The molecule has 130 valence electrons. The summed E-state index contributed by atoms with van der Waals surface area (Å²) in [7, 11) is 1.68. The predicted molar refractivity (Wildman–Crippen MR) is 96.3 cm³/mol. The first kappa shape index (κ1) is 19.8. The van der Waals surface area contributed by atoms with Gasteiger partial charge in [-0.05, 0) is 49.3 Å². The highest BCUT2D eigenvalue weighted by Crippen LogP contribution is 2.27. The standard InChI is InChI=1S/C18H28N2O2.ClH/c1-13(2)16(10-15-6-4-5-7-17(15)22-3)20-18(21)12-19-11-14-8-9-14;/h4-7,13-14,16,19H,8-12H2,1-3H3,(H,20,21);1H. The molecule has 0 radical (unpaired) electrons. The van der Waals surface area contributed by atoms with Crippen molar-refractivity contribution in [1.29, 1.82) is 0 Å². The van der Waals surface area contributed by atoms with Crippen LogP contribution in [0.3, 0.4) is 0 Å². The number of ether oxygens (including phenoxy) is 1. The van der Waals surface area contributed by atoms with Crippen LogP contribution in [0.4, 0.5) is 0 Å². The van der Waals surface area contributed by atoms with E-state index < -0.39 is 0 Å². The van der Waals surface area contributed by atoms with Crippen LogP contribution in [0, 0.1) is 11.8 Å². The number of benzene rings is 1. The Kier molecular flexibility index (Phi) is 8.42. The Hall–Kier alpha value is -1.26. The maximum atomic E-state index is 12.1. The molecular formula is C18H29ClN2O2. The molecule has 0 saturated heterocycles. The van der Waals surface area contributed by atoms with Gasteiger partial charge in [-0.15, -0.1) is 12.4 Å². The summed E-state index contributed by atoms with van der Waals surface area (Å²) in [5, 5.41) is 6.39. The monoisotopic (exact) mass is 340 g/mol. The van der Waals surface area contributed by atoms with Gasteiger partial charge in [0, 0.05) is 6.04 Å². The van der Waals surface area contributed by atoms with Crippen molar-refractivity contribution in [3.63, 3.8) is 0 Å². The Balaban J connectivity index is 0.00000264. The lowest BCUT2D eigenvalue weighted by Crippen LogP contribution is -2.44. The molecule has 1 aliphatic carbocycles. The van der Waals surface area contributed by atoms with Crippen molar-refractivity contribution in [2.75, 3.05) is 20.2 Å². The Morgan fingerprint density at radius 3 is 2.61 bits per heavy atom. The SMILES string of the molecule is COc1ccccc1CC(NC(=O)CNCC1CC1)C(C)C.Cl. The Bertz CT molecular complexity index is 490. The number of carbonyl (C=O) groups is 1. The molecule has 23 heavy (non-hydrogen) atoms. The molecule has 0 heterocycles. The second-order valence-electron chi connectivity index (χ2n) is 6.51. The zero-order valence-corrected chi connectivity index (χ0v) is 15.1. The molecule has 1 aromatic carbocycles. The molecule has 1 fully saturated rings. The fourth-order valence-corrected chi connectivity index (χ4v) is 2.53. The molecule has 4 nitrogen and oxygen atoms in total. The lowest BCUT2D eigenvalue weighted by Gasteiger charge is -2.23. The van der Waals surface area contributed by atoms with Crippen molar-refractivity contribution in [2.45, 2.75) is 39.2 Å². The molecule has 0 bridgehead atoms. The Morgan fingerprint density at radius 1 is 1.30 bits per heavy atom. The maximum Gasteiger partial charge on any atom is 0.234 e. The van der Waals surface area contributed by atoms with Gasteiger partial charge in [-0.25, -0.2) is 0 Å². The molecule has 1 amide bonds. The number of hydrogen-bond acceptors (Lipinski definition) is 3. The highest BCUT2D eigenvalue weighted by molar-refractivity contribution is 5.85. The summed E-state index contributed by atoms with van der Waals surface area (Å²) in [4.78, 5) is 12.1. The molecule has 5 heteroatoms. The average molecular weight is 341 g/mol. The molecule has 1 atom stereocenters. The topological polar surface area (TPSA) is 50.4 Å². The number of para-hydroxylation sites is 1. The van der Waals surface area contributed by atoms with Crippen LogP contribution in [0.1, 0.15) is 32.3 Å². The van der Waals surface area contributed by atoms with Crippen molar-refractivity contribution in [3.8, 4) is 5.75 Å². The smallest absolute Gasteiger partial charge is 0.234 e. The van der Waals surface area contributed by atoms with Crippen molar-refractivity contribution >= 4 is 18.3 Å². The summed E-state index contributed by atoms with van der Waals surface area (Å²) < 4.78 is 5.40. The van der Waals surface area contributed by atoms with Gasteiger partial charge >= 0.3 is 0 Å². The van der Waals surface area contributed by atoms with Gasteiger partial charge in [0.15, 0.2) is 0 Å². The van der Waals surface area contributed by atoms with Gasteiger partial charge in [0.05, 0.1) is 13.7 Å². The maximum absolute atomic E-state index is 12.1. The van der Waals surface area contributed by atoms with E-state index in [4.69, 9.17) is 4.74 Å². The molecule has 1 aliphatic rings. The average Bonchev–Trinajstić information content (AvgIpc) is 3.31. The first-order valence-corrected chi connectivity index (χ1v) is 8.22. The predicted octanol–water partition coefficient (Wildman–Crippen LogP) is 2.80. The molecule has 2 rings (SSSR count). The summed E-state index contributed by atoms with van der Waals surface area (Å²) in [6.07, 6.45) is 3.39. The van der Waals surface area contributed by atoms with Crippen LogP contribution >= 0.6 is 12.4 Å². The van der Waals surface area contributed by atoms with Crippen molar-refractivity contribution in [2.24, 2.45) is 11.8 Å². The third-order valence-electron chi connectivity index (χ3n) is 4.20. The molecular weight excluding hydrogens is 312 g/mol. The third-order valence-corrected chi connectivity index (χ3v) is 4.20. The molecule has 0 aromatic heterocycles. The number of nitrogens with one attached hydrogen (secondary N) is 2. The van der Waals surface area contributed by atoms with E-state index >= 15 is 0 Å². The van der Waals surface area contributed by atoms with E-state index in [1.807, 2.05) is 18.2 Å². The number of rotatable bonds is 9. The van der Waals surface area contributed by atoms with Crippen LogP contribution in [0.25, 0.3) is 0 Å². The quantitative estimate of drug-likeness (QED) is 0.726. The minimum absolute atomic E-state index is 0. The first-order valence-electron chi connectivity index (χ1n) is 8.22. The van der Waals surface area contributed by atoms with Gasteiger partial charge in [0.25, 0.3) is 0 Å². The molecule has 1 saturated carbocycles. The Morgan fingerprint density at radius 2 is 2.00 bits per heavy atom. The second kappa shape index (κ2) is 9.78. The third kappa shape index (κ3) is 6.80. The molecule has 1 unspecified atom stereocenters. The van der Waals surface area contributed by atoms with Gasteiger partial charge < -0.3 is 15.4 Å². The Labute approximate surface area is 145 Å². The van der Waals surface area contributed by atoms with Crippen LogP contribution in [0.15, 0.2) is 24.3 Å². The van der Waals surface area contributed by atoms with E-state index in [-0.39, 0.29) is 24.4 Å². The summed E-state index contributed by atoms with van der Waals surface area (Å²) >= 11 is 0. The second-order valence-corrected chi connectivity index (χ2v) is 6.51. The van der Waals surface area contributed by atoms with Crippen LogP contribution in [0.5, 0.6) is 5.75 Å². The number of methoxy groups -OCH3 is 1. The van der Waals surface area contributed by atoms with E-state index in [0.29, 0.717) is 12.5 Å². The number of amides is 1. The fraction of sp³-hybridized carbons (Fsp3) is 0.611. The molecule has 0 aliphatic heterocycles. The van der Waals surface area contributed by atoms with Crippen molar-refractivity contribution in [3.05, 3.63) is 29.8 Å². The van der Waals surface area contributed by atoms with Gasteiger partial charge in [0.2, 0.25) is 5.91 Å². The number of halogens is 1. The number of hydrogen-bond donors (Lipinski definition) is 2. The van der Waals surface area contributed by atoms with Gasteiger partial charge in [0.1, 0.15) is 5.75 Å². The zero-order chi connectivity index (χ0) is 15.9. The van der Waals surface area contributed by atoms with Crippen LogP contribution in [0.2, 0.25) is 0 Å². The highest BCUT2D eigenvalue weighted by atomic mass is 35.5. The molecule has 0 spiro atoms. The summed E-state index contributed by atoms with van der Waals surface area (Å²) in [5.74, 6) is 2.13. The largest absolute Gasteiger partial charge is 0.496 e. The van der Waals surface area contributed by atoms with E-state index in [1.165, 1.54) is 12.8 Å². The van der Waals surface area contributed by atoms with E-state index in [1.54, 1.807) is 7.11 Å². The van der Waals surface area contributed by atoms with Crippen LogP contribution in [-0.4, -0.2) is 32.1 Å². The minimum atomic E-state index is 0. The number of carbonyl (C=O) groups excluding carboxylic acids is 1. The fourth-order valence-electron chi connectivity index (χ4n) is 2.53. The van der Waals surface area contributed by atoms with E-state index in [2.05, 4.69) is 30.5 Å². The zero-order valence-electron chi connectivity index (χ0n) is 14.3. The molecule has 1 aromatic rings. The van der Waals surface area contributed by atoms with Gasteiger partial charge in [-0.2, -0.15) is 0 Å². The first-order chi connectivity index (χ1) is 10.6. The van der Waals surface area contributed by atoms with Crippen molar-refractivity contribution < 1.29 is 9.53 Å². The van der Waals surface area contributed by atoms with Crippen molar-refractivity contribution in [1.82, 2.24) is 10.6 Å². The van der Waals surface area contributed by atoms with Crippen LogP contribution < -0.4 is 15.4 Å². The highest BCUT2D eigenvalue weighted by Gasteiger charge is 2.22. The minimum Gasteiger partial charge on any atom is -0.496 e. The van der Waals surface area contributed by atoms with Gasteiger partial charge in [-0.3, -0.25) is 4.79 Å².